The first kappa shape index (κ1) is 11.6. The first-order chi connectivity index (χ1) is 8.66. The number of H-pyrrole nitrogens is 1. The molecule has 2 heterocycles. The Kier molecular flexibility index (Phi) is 2.80. The molecule has 0 saturated carbocycles. The Morgan fingerprint density at radius 2 is 2.17 bits per heavy atom. The van der Waals surface area contributed by atoms with E-state index in [0.717, 1.165) is 21.3 Å². The molecule has 0 aliphatic carbocycles. The molecule has 0 saturated heterocycles. The molecule has 3 aromatic rings. The summed E-state index contributed by atoms with van der Waals surface area (Å²) in [5.41, 5.74) is 3.98. The van der Waals surface area contributed by atoms with Gasteiger partial charge < -0.3 is 4.98 Å². The van der Waals surface area contributed by atoms with Crippen molar-refractivity contribution in [3.05, 3.63) is 51.3 Å². The number of hydrogen-bond acceptors (Lipinski definition) is 2. The second-order valence-corrected chi connectivity index (χ2v) is 5.31. The molecule has 1 N–H and O–H groups in total. The lowest BCUT2D eigenvalue weighted by atomic mass is 10.2. The minimum atomic E-state index is 0.652. The lowest BCUT2D eigenvalue weighted by Gasteiger charge is -2.06. The van der Waals surface area contributed by atoms with Crippen LogP contribution in [-0.2, 0) is 0 Å². The third kappa shape index (κ3) is 1.79. The van der Waals surface area contributed by atoms with Crippen molar-refractivity contribution in [2.45, 2.75) is 6.92 Å². The van der Waals surface area contributed by atoms with E-state index in [-0.39, 0.29) is 0 Å². The molecule has 2 aromatic heterocycles. The van der Waals surface area contributed by atoms with Crippen LogP contribution in [0.1, 0.15) is 5.56 Å². The van der Waals surface area contributed by atoms with Gasteiger partial charge in [-0.3, -0.25) is 4.57 Å². The molecule has 3 rings (SSSR count). The Balaban J connectivity index is 2.34. The van der Waals surface area contributed by atoms with Gasteiger partial charge in [0.2, 0.25) is 0 Å². The van der Waals surface area contributed by atoms with E-state index < -0.39 is 0 Å². The molecule has 1 aromatic carbocycles. The third-order valence-electron chi connectivity index (χ3n) is 2.86. The van der Waals surface area contributed by atoms with E-state index in [1.165, 1.54) is 5.56 Å². The van der Waals surface area contributed by atoms with Crippen LogP contribution in [0.15, 0.2) is 41.0 Å². The number of hydrogen-bond donors (Lipinski definition) is 1. The largest absolute Gasteiger partial charge is 0.329 e. The Hall–Kier alpha value is -1.46. The van der Waals surface area contributed by atoms with Gasteiger partial charge >= 0.3 is 0 Å². The van der Waals surface area contributed by atoms with Crippen molar-refractivity contribution in [1.82, 2.24) is 14.5 Å². The maximum Gasteiger partial charge on any atom is 0.183 e. The van der Waals surface area contributed by atoms with Crippen LogP contribution >= 0.6 is 28.1 Å². The number of aryl methyl sites for hydroxylation is 1. The molecular weight excluding hydrogens is 310 g/mol. The second-order valence-electron chi connectivity index (χ2n) is 4.07. The van der Waals surface area contributed by atoms with E-state index in [9.17, 15) is 0 Å². The number of imidazole rings is 1. The highest BCUT2D eigenvalue weighted by molar-refractivity contribution is 9.10. The Morgan fingerprint density at radius 3 is 2.94 bits per heavy atom. The molecule has 0 amide bonds. The Labute approximate surface area is 118 Å². The zero-order chi connectivity index (χ0) is 12.7. The second kappa shape index (κ2) is 4.33. The van der Waals surface area contributed by atoms with Crippen molar-refractivity contribution in [3.8, 4) is 5.69 Å². The third-order valence-corrected chi connectivity index (χ3v) is 4.00. The molecule has 3 nitrogen and oxygen atoms in total. The summed E-state index contributed by atoms with van der Waals surface area (Å²) in [6.45, 7) is 2.06. The van der Waals surface area contributed by atoms with Gasteiger partial charge in [-0.1, -0.05) is 22.0 Å². The first-order valence-corrected chi connectivity index (χ1v) is 6.69. The topological polar surface area (TPSA) is 33.6 Å². The average Bonchev–Trinajstić information content (AvgIpc) is 2.69. The van der Waals surface area contributed by atoms with Gasteiger partial charge in [0.15, 0.2) is 10.4 Å². The first-order valence-electron chi connectivity index (χ1n) is 5.49. The molecule has 0 bridgehead atoms. The molecular formula is C13H10BrN3S. The van der Waals surface area contributed by atoms with Gasteiger partial charge in [0.05, 0.1) is 11.2 Å². The fourth-order valence-electron chi connectivity index (χ4n) is 1.90. The molecule has 0 unspecified atom stereocenters. The molecule has 0 fully saturated rings. The average molecular weight is 320 g/mol. The van der Waals surface area contributed by atoms with Gasteiger partial charge in [0.25, 0.3) is 0 Å². The van der Waals surface area contributed by atoms with E-state index in [4.69, 9.17) is 12.2 Å². The summed E-state index contributed by atoms with van der Waals surface area (Å²) < 4.78 is 3.65. The van der Waals surface area contributed by atoms with Crippen LogP contribution in [0.4, 0.5) is 0 Å². The van der Waals surface area contributed by atoms with Crippen molar-refractivity contribution < 1.29 is 0 Å². The molecule has 5 heteroatoms. The zero-order valence-electron chi connectivity index (χ0n) is 9.64. The summed E-state index contributed by atoms with van der Waals surface area (Å²) in [4.78, 5) is 7.54. The number of aromatic nitrogens is 3. The predicted octanol–water partition coefficient (Wildman–Crippen LogP) is 4.15. The maximum atomic E-state index is 5.36. The Bertz CT molecular complexity index is 788. The maximum absolute atomic E-state index is 5.36. The highest BCUT2D eigenvalue weighted by Gasteiger charge is 2.07. The number of rotatable bonds is 1. The van der Waals surface area contributed by atoms with Crippen molar-refractivity contribution in [2.24, 2.45) is 0 Å². The van der Waals surface area contributed by atoms with E-state index in [2.05, 4.69) is 38.9 Å². The van der Waals surface area contributed by atoms with Crippen LogP contribution in [-0.4, -0.2) is 14.5 Å². The summed E-state index contributed by atoms with van der Waals surface area (Å²) in [5.74, 6) is 0. The van der Waals surface area contributed by atoms with E-state index in [1.807, 2.05) is 28.8 Å². The van der Waals surface area contributed by atoms with Crippen molar-refractivity contribution in [2.75, 3.05) is 0 Å². The minimum Gasteiger partial charge on any atom is -0.329 e. The van der Waals surface area contributed by atoms with Crippen molar-refractivity contribution >= 4 is 39.3 Å². The molecule has 0 aliphatic heterocycles. The van der Waals surface area contributed by atoms with Crippen molar-refractivity contribution in [3.63, 3.8) is 0 Å². The Morgan fingerprint density at radius 1 is 1.33 bits per heavy atom. The van der Waals surface area contributed by atoms with E-state index in [1.54, 1.807) is 6.20 Å². The lowest BCUT2D eigenvalue weighted by molar-refractivity contribution is 1.04. The summed E-state index contributed by atoms with van der Waals surface area (Å²) in [7, 11) is 0. The normalized spacial score (nSPS) is 11.0. The van der Waals surface area contributed by atoms with Crippen LogP contribution in [0.3, 0.4) is 0 Å². The molecule has 90 valence electrons. The number of pyridine rings is 1. The number of nitrogens with one attached hydrogen (secondary N) is 1. The quantitative estimate of drug-likeness (QED) is 0.683. The molecule has 0 atom stereocenters. The number of aromatic amines is 1. The van der Waals surface area contributed by atoms with Gasteiger partial charge in [-0.05, 0) is 49.0 Å². The van der Waals surface area contributed by atoms with Gasteiger partial charge in [0, 0.05) is 10.7 Å². The van der Waals surface area contributed by atoms with Gasteiger partial charge in [-0.15, -0.1) is 0 Å². The van der Waals surface area contributed by atoms with Gasteiger partial charge in [0.1, 0.15) is 0 Å². The summed E-state index contributed by atoms with van der Waals surface area (Å²) in [5, 5.41) is 0. The van der Waals surface area contributed by atoms with Crippen LogP contribution in [0.2, 0.25) is 0 Å². The van der Waals surface area contributed by atoms with Crippen molar-refractivity contribution in [1.29, 1.82) is 0 Å². The molecule has 0 aliphatic rings. The molecule has 0 radical (unpaired) electrons. The fourth-order valence-corrected chi connectivity index (χ4v) is 2.57. The van der Waals surface area contributed by atoms with Gasteiger partial charge in [-0.25, -0.2) is 4.98 Å². The molecule has 0 spiro atoms. The summed E-state index contributed by atoms with van der Waals surface area (Å²) in [6, 6.07) is 10.0. The number of fused-ring (bicyclic) bond motifs is 1. The van der Waals surface area contributed by atoms with Crippen LogP contribution in [0.25, 0.3) is 16.9 Å². The standard InChI is InChI=1S/C13H10BrN3S/c1-8-4-5-9(7-10(8)14)17-12-11(16-13(17)18)3-2-6-15-12/h2-7H,1H3,(H,16,18). The molecule has 18 heavy (non-hydrogen) atoms. The lowest BCUT2D eigenvalue weighted by Crippen LogP contribution is -1.95. The highest BCUT2D eigenvalue weighted by atomic mass is 79.9. The summed E-state index contributed by atoms with van der Waals surface area (Å²) >= 11 is 8.91. The smallest absolute Gasteiger partial charge is 0.183 e. The predicted molar refractivity (Wildman–Crippen MR) is 78.7 cm³/mol. The monoisotopic (exact) mass is 319 g/mol. The van der Waals surface area contributed by atoms with Crippen LogP contribution in [0, 0.1) is 11.7 Å². The number of halogens is 1. The van der Waals surface area contributed by atoms with E-state index >= 15 is 0 Å². The van der Waals surface area contributed by atoms with Crippen LogP contribution in [0.5, 0.6) is 0 Å². The van der Waals surface area contributed by atoms with Crippen LogP contribution < -0.4 is 0 Å². The minimum absolute atomic E-state index is 0.652. The van der Waals surface area contributed by atoms with Gasteiger partial charge in [-0.2, -0.15) is 0 Å². The number of nitrogens with zero attached hydrogens (tertiary/aromatic N) is 2. The SMILES string of the molecule is Cc1ccc(-n2c(=S)[nH]c3cccnc32)cc1Br. The summed E-state index contributed by atoms with van der Waals surface area (Å²) in [6.07, 6.45) is 1.77. The van der Waals surface area contributed by atoms with E-state index in [0.29, 0.717) is 4.77 Å². The fraction of sp³-hybridized carbons (Fsp3) is 0.0769. The highest BCUT2D eigenvalue weighted by Crippen LogP contribution is 2.23. The number of benzene rings is 1. The zero-order valence-corrected chi connectivity index (χ0v) is 12.0.